The van der Waals surface area contributed by atoms with Gasteiger partial charge in [0.1, 0.15) is 5.75 Å². The summed E-state index contributed by atoms with van der Waals surface area (Å²) in [7, 11) is 0. The highest BCUT2D eigenvalue weighted by Crippen LogP contribution is 2.30. The molecule has 0 radical (unpaired) electrons. The average molecular weight is 481 g/mol. The van der Waals surface area contributed by atoms with Crippen LogP contribution in [-0.4, -0.2) is 26.4 Å². The predicted octanol–water partition coefficient (Wildman–Crippen LogP) is 4.92. The second-order valence-electron chi connectivity index (χ2n) is 9.26. The van der Waals surface area contributed by atoms with Crippen LogP contribution in [0.25, 0.3) is 5.65 Å². The maximum atomic E-state index is 12.8. The van der Waals surface area contributed by atoms with Crippen LogP contribution in [0.2, 0.25) is 0 Å². The third-order valence-electron chi connectivity index (χ3n) is 5.96. The lowest BCUT2D eigenvalue weighted by atomic mass is 9.86. The monoisotopic (exact) mass is 480 g/mol. The number of imidazole rings is 1. The molecule has 1 saturated carbocycles. The number of benzene rings is 2. The number of ether oxygens (including phenoxy) is 1. The molecule has 9 heteroatoms. The number of aromatic nitrogens is 3. The lowest BCUT2D eigenvalue weighted by molar-refractivity contribution is -0.117. The number of rotatable bonds is 7. The molecule has 2 aromatic heterocycles. The van der Waals surface area contributed by atoms with Crippen molar-refractivity contribution in [2.75, 3.05) is 10.6 Å². The van der Waals surface area contributed by atoms with Gasteiger partial charge in [-0.15, -0.1) is 5.10 Å². The number of nitrogens with one attached hydrogen (secondary N) is 2. The Balaban J connectivity index is 1.26. The number of nitriles is 1. The van der Waals surface area contributed by atoms with Gasteiger partial charge in [0.2, 0.25) is 11.8 Å². The van der Waals surface area contributed by atoms with E-state index in [2.05, 4.69) is 26.8 Å². The van der Waals surface area contributed by atoms with Gasteiger partial charge < -0.3 is 15.4 Å². The second-order valence-corrected chi connectivity index (χ2v) is 9.26. The van der Waals surface area contributed by atoms with Crippen molar-refractivity contribution in [2.24, 2.45) is 5.92 Å². The smallest absolute Gasteiger partial charge is 0.255 e. The highest BCUT2D eigenvalue weighted by atomic mass is 16.5. The highest BCUT2D eigenvalue weighted by Gasteiger charge is 2.30. The topological polar surface area (TPSA) is 121 Å². The van der Waals surface area contributed by atoms with Gasteiger partial charge in [-0.25, -0.2) is 9.50 Å². The summed E-state index contributed by atoms with van der Waals surface area (Å²) in [5, 5.41) is 19.4. The summed E-state index contributed by atoms with van der Waals surface area (Å²) in [5.41, 5.74) is 1.89. The number of hydrogen-bond acceptors (Lipinski definition) is 6. The Morgan fingerprint density at radius 1 is 1.08 bits per heavy atom. The minimum absolute atomic E-state index is 0.0214. The van der Waals surface area contributed by atoms with E-state index in [0.29, 0.717) is 34.3 Å². The van der Waals surface area contributed by atoms with Crippen LogP contribution in [0.3, 0.4) is 0 Å². The summed E-state index contributed by atoms with van der Waals surface area (Å²) in [5.74, 6) is 0.977. The van der Waals surface area contributed by atoms with Gasteiger partial charge in [0.05, 0.1) is 17.7 Å². The van der Waals surface area contributed by atoms with E-state index in [-0.39, 0.29) is 17.7 Å². The molecular formula is C27H24N6O3. The van der Waals surface area contributed by atoms with Crippen molar-refractivity contribution < 1.29 is 14.3 Å². The zero-order valence-electron chi connectivity index (χ0n) is 19.9. The van der Waals surface area contributed by atoms with Gasteiger partial charge >= 0.3 is 0 Å². The van der Waals surface area contributed by atoms with Crippen LogP contribution in [-0.2, 0) is 10.2 Å². The second kappa shape index (κ2) is 9.15. The van der Waals surface area contributed by atoms with Crippen molar-refractivity contribution in [2.45, 2.75) is 32.1 Å². The summed E-state index contributed by atoms with van der Waals surface area (Å²) in [4.78, 5) is 29.1. The molecule has 2 aromatic carbocycles. The molecule has 5 rings (SSSR count). The van der Waals surface area contributed by atoms with Crippen LogP contribution in [0, 0.1) is 17.2 Å². The molecule has 1 fully saturated rings. The van der Waals surface area contributed by atoms with E-state index in [9.17, 15) is 14.9 Å². The zero-order chi connectivity index (χ0) is 25.3. The number of carbonyl (C=O) groups excluding carboxylic acids is 2. The predicted molar refractivity (Wildman–Crippen MR) is 134 cm³/mol. The maximum Gasteiger partial charge on any atom is 0.255 e. The van der Waals surface area contributed by atoms with E-state index in [0.717, 1.165) is 18.4 Å². The van der Waals surface area contributed by atoms with E-state index in [1.807, 2.05) is 26.0 Å². The minimum atomic E-state index is -0.603. The molecule has 0 saturated heterocycles. The third kappa shape index (κ3) is 5.03. The van der Waals surface area contributed by atoms with Crippen LogP contribution < -0.4 is 15.4 Å². The summed E-state index contributed by atoms with van der Waals surface area (Å²) < 4.78 is 7.41. The van der Waals surface area contributed by atoms with Crippen molar-refractivity contribution in [1.29, 1.82) is 5.26 Å². The van der Waals surface area contributed by atoms with Crippen molar-refractivity contribution in [3.05, 3.63) is 78.0 Å². The molecule has 0 bridgehead atoms. The van der Waals surface area contributed by atoms with E-state index in [4.69, 9.17) is 4.74 Å². The Morgan fingerprint density at radius 3 is 2.58 bits per heavy atom. The average Bonchev–Trinajstić information content (AvgIpc) is 3.65. The van der Waals surface area contributed by atoms with Crippen molar-refractivity contribution in [3.8, 4) is 17.7 Å². The molecule has 36 heavy (non-hydrogen) atoms. The van der Waals surface area contributed by atoms with Crippen LogP contribution >= 0.6 is 0 Å². The molecule has 0 atom stereocenters. The van der Waals surface area contributed by atoms with Crippen molar-refractivity contribution >= 4 is 29.0 Å². The lowest BCUT2D eigenvalue weighted by Crippen LogP contribution is -2.15. The standard InChI is InChI=1S/C27H24N6O3/c1-27(2,16-28)19-8-10-20(11-9-19)29-26(35)18-4-3-5-21(14-18)36-24-13-12-23-30-22(15-33(23)32-24)31-25(34)17-6-7-17/h3-5,8-15,17H,6-7H2,1-2H3,(H,29,35)(H,31,34). The molecular weight excluding hydrogens is 456 g/mol. The molecule has 2 amide bonds. The van der Waals surface area contributed by atoms with Crippen LogP contribution in [0.1, 0.15) is 42.6 Å². The van der Waals surface area contributed by atoms with Gasteiger partial charge in [0.25, 0.3) is 5.91 Å². The molecule has 1 aliphatic carbocycles. The molecule has 0 aliphatic heterocycles. The number of amides is 2. The number of nitrogens with zero attached hydrogens (tertiary/aromatic N) is 4. The SMILES string of the molecule is CC(C)(C#N)c1ccc(NC(=O)c2cccc(Oc3ccc4nc(NC(=O)C5CC5)cn4n3)c2)cc1. The van der Waals surface area contributed by atoms with Gasteiger partial charge in [-0.1, -0.05) is 18.2 Å². The molecule has 9 nitrogen and oxygen atoms in total. The van der Waals surface area contributed by atoms with Crippen LogP contribution in [0.15, 0.2) is 66.9 Å². The Bertz CT molecular complexity index is 1500. The van der Waals surface area contributed by atoms with Gasteiger partial charge in [0, 0.05) is 23.2 Å². The number of anilines is 2. The van der Waals surface area contributed by atoms with Gasteiger partial charge in [0.15, 0.2) is 11.5 Å². The number of hydrogen-bond donors (Lipinski definition) is 2. The molecule has 2 N–H and O–H groups in total. The Labute approximate surface area is 207 Å². The molecule has 0 unspecified atom stereocenters. The van der Waals surface area contributed by atoms with E-state index in [1.54, 1.807) is 54.7 Å². The van der Waals surface area contributed by atoms with E-state index >= 15 is 0 Å². The third-order valence-corrected chi connectivity index (χ3v) is 5.96. The van der Waals surface area contributed by atoms with Crippen molar-refractivity contribution in [1.82, 2.24) is 14.6 Å². The van der Waals surface area contributed by atoms with E-state index in [1.165, 1.54) is 4.52 Å². The maximum absolute atomic E-state index is 12.8. The van der Waals surface area contributed by atoms with Crippen molar-refractivity contribution in [3.63, 3.8) is 0 Å². The Kier molecular flexibility index (Phi) is 5.86. The zero-order valence-corrected chi connectivity index (χ0v) is 19.9. The molecule has 2 heterocycles. The highest BCUT2D eigenvalue weighted by molar-refractivity contribution is 6.04. The first-order valence-corrected chi connectivity index (χ1v) is 11.6. The molecule has 180 valence electrons. The van der Waals surface area contributed by atoms with Crippen LogP contribution in [0.5, 0.6) is 11.6 Å². The fraction of sp³-hybridized carbons (Fsp3) is 0.222. The van der Waals surface area contributed by atoms with Gasteiger partial charge in [-0.05, 0) is 68.7 Å². The first-order valence-electron chi connectivity index (χ1n) is 11.6. The molecule has 0 spiro atoms. The molecule has 4 aromatic rings. The van der Waals surface area contributed by atoms with Gasteiger partial charge in [-0.3, -0.25) is 9.59 Å². The van der Waals surface area contributed by atoms with Gasteiger partial charge in [-0.2, -0.15) is 5.26 Å². The summed E-state index contributed by atoms with van der Waals surface area (Å²) in [6.45, 7) is 3.69. The fourth-order valence-corrected chi connectivity index (χ4v) is 3.61. The first-order chi connectivity index (χ1) is 17.3. The summed E-state index contributed by atoms with van der Waals surface area (Å²) >= 11 is 0. The Morgan fingerprint density at radius 2 is 1.86 bits per heavy atom. The summed E-state index contributed by atoms with van der Waals surface area (Å²) in [6.07, 6.45) is 3.47. The first kappa shape index (κ1) is 23.1. The Hall–Kier alpha value is -4.71. The number of carbonyl (C=O) groups is 2. The fourth-order valence-electron chi connectivity index (χ4n) is 3.61. The molecule has 1 aliphatic rings. The van der Waals surface area contributed by atoms with E-state index < -0.39 is 5.41 Å². The number of fused-ring (bicyclic) bond motifs is 1. The largest absolute Gasteiger partial charge is 0.438 e. The minimum Gasteiger partial charge on any atom is -0.438 e. The normalized spacial score (nSPS) is 13.1. The lowest BCUT2D eigenvalue weighted by Gasteiger charge is -2.16. The summed E-state index contributed by atoms with van der Waals surface area (Å²) in [6, 6.07) is 19.7. The quantitative estimate of drug-likeness (QED) is 0.387. The van der Waals surface area contributed by atoms with Crippen LogP contribution in [0.4, 0.5) is 11.5 Å².